The van der Waals surface area contributed by atoms with Crippen molar-refractivity contribution in [3.63, 3.8) is 0 Å². The molecule has 0 aliphatic carbocycles. The first kappa shape index (κ1) is 14.3. The van der Waals surface area contributed by atoms with Crippen LogP contribution in [0.5, 0.6) is 0 Å². The lowest BCUT2D eigenvalue weighted by Gasteiger charge is -2.28. The molecule has 3 rings (SSSR count). The summed E-state index contributed by atoms with van der Waals surface area (Å²) in [7, 11) is 0. The highest BCUT2D eigenvalue weighted by molar-refractivity contribution is 5.63. The zero-order chi connectivity index (χ0) is 14.5. The average Bonchev–Trinajstić information content (AvgIpc) is 2.54. The maximum absolute atomic E-state index is 3.72. The van der Waals surface area contributed by atoms with Gasteiger partial charge < -0.3 is 5.32 Å². The number of hydrogen-bond donors (Lipinski definition) is 1. The fourth-order valence-corrected chi connectivity index (χ4v) is 3.30. The molecule has 2 aromatic carbocycles. The zero-order valence-corrected chi connectivity index (χ0v) is 12.9. The summed E-state index contributed by atoms with van der Waals surface area (Å²) in [4.78, 5) is 0. The minimum atomic E-state index is 0.698. The molecule has 1 fully saturated rings. The molecule has 1 nitrogen and oxygen atoms in total. The van der Waals surface area contributed by atoms with Crippen molar-refractivity contribution in [2.24, 2.45) is 0 Å². The van der Waals surface area contributed by atoms with E-state index in [-0.39, 0.29) is 0 Å². The Bertz CT molecular complexity index is 544. The first-order valence-corrected chi connectivity index (χ1v) is 8.22. The molecule has 1 N–H and O–H groups in total. The molecule has 21 heavy (non-hydrogen) atoms. The van der Waals surface area contributed by atoms with E-state index in [0.29, 0.717) is 12.1 Å². The molecular weight excluding hydrogens is 254 g/mol. The van der Waals surface area contributed by atoms with E-state index in [0.717, 1.165) is 0 Å². The van der Waals surface area contributed by atoms with Gasteiger partial charge in [0, 0.05) is 12.1 Å². The molecule has 1 aliphatic rings. The van der Waals surface area contributed by atoms with Gasteiger partial charge in [0.2, 0.25) is 0 Å². The molecular formula is C20H25N. The molecule has 1 aliphatic heterocycles. The van der Waals surface area contributed by atoms with Crippen molar-refractivity contribution in [1.82, 2.24) is 5.32 Å². The zero-order valence-electron chi connectivity index (χ0n) is 12.9. The second kappa shape index (κ2) is 6.91. The number of rotatable bonds is 4. The number of piperidine rings is 1. The second-order valence-electron chi connectivity index (χ2n) is 6.30. The fourth-order valence-electron chi connectivity index (χ4n) is 3.30. The van der Waals surface area contributed by atoms with E-state index in [9.17, 15) is 0 Å². The first-order valence-electron chi connectivity index (χ1n) is 8.22. The SMILES string of the molecule is CC1CCCC(CCc2ccc(-c3ccccc3)cc2)N1. The van der Waals surface area contributed by atoms with Crippen LogP contribution < -0.4 is 5.32 Å². The van der Waals surface area contributed by atoms with Gasteiger partial charge in [0.15, 0.2) is 0 Å². The molecule has 1 heterocycles. The predicted octanol–water partition coefficient (Wildman–Crippen LogP) is 4.82. The van der Waals surface area contributed by atoms with Gasteiger partial charge in [-0.1, -0.05) is 61.0 Å². The average molecular weight is 279 g/mol. The topological polar surface area (TPSA) is 12.0 Å². The summed E-state index contributed by atoms with van der Waals surface area (Å²) >= 11 is 0. The van der Waals surface area contributed by atoms with E-state index in [2.05, 4.69) is 66.8 Å². The van der Waals surface area contributed by atoms with Crippen LogP contribution in [0, 0.1) is 0 Å². The molecule has 0 bridgehead atoms. The lowest BCUT2D eigenvalue weighted by atomic mass is 9.94. The van der Waals surface area contributed by atoms with Crippen LogP contribution in [-0.2, 0) is 6.42 Å². The summed E-state index contributed by atoms with van der Waals surface area (Å²) in [6.07, 6.45) is 6.50. The van der Waals surface area contributed by atoms with Crippen molar-refractivity contribution in [1.29, 1.82) is 0 Å². The summed E-state index contributed by atoms with van der Waals surface area (Å²) in [6.45, 7) is 2.31. The molecule has 110 valence electrons. The van der Waals surface area contributed by atoms with Gasteiger partial charge in [0.25, 0.3) is 0 Å². The third kappa shape index (κ3) is 3.95. The third-order valence-corrected chi connectivity index (χ3v) is 4.55. The maximum atomic E-state index is 3.72. The molecule has 1 heteroatoms. The van der Waals surface area contributed by atoms with Crippen molar-refractivity contribution in [3.05, 3.63) is 60.2 Å². The van der Waals surface area contributed by atoms with E-state index >= 15 is 0 Å². The van der Waals surface area contributed by atoms with Crippen LogP contribution >= 0.6 is 0 Å². The molecule has 2 unspecified atom stereocenters. The Hall–Kier alpha value is -1.60. The van der Waals surface area contributed by atoms with Crippen LogP contribution in [0.25, 0.3) is 11.1 Å². The Morgan fingerprint density at radius 1 is 0.905 bits per heavy atom. The number of nitrogens with one attached hydrogen (secondary N) is 1. The van der Waals surface area contributed by atoms with E-state index in [1.165, 1.54) is 48.8 Å². The molecule has 0 radical (unpaired) electrons. The molecule has 2 aromatic rings. The number of hydrogen-bond acceptors (Lipinski definition) is 1. The fraction of sp³-hybridized carbons (Fsp3) is 0.400. The molecule has 2 atom stereocenters. The van der Waals surface area contributed by atoms with Crippen LogP contribution in [0.1, 0.15) is 38.2 Å². The smallest absolute Gasteiger partial charge is 0.00727 e. The summed E-state index contributed by atoms with van der Waals surface area (Å²) in [6, 6.07) is 21.1. The lowest BCUT2D eigenvalue weighted by molar-refractivity contribution is 0.322. The summed E-state index contributed by atoms with van der Waals surface area (Å²) in [5.74, 6) is 0. The Morgan fingerprint density at radius 2 is 1.62 bits per heavy atom. The third-order valence-electron chi connectivity index (χ3n) is 4.55. The predicted molar refractivity (Wildman–Crippen MR) is 90.4 cm³/mol. The van der Waals surface area contributed by atoms with Crippen molar-refractivity contribution in [3.8, 4) is 11.1 Å². The molecule has 0 spiro atoms. The maximum Gasteiger partial charge on any atom is 0.00727 e. The van der Waals surface area contributed by atoms with Gasteiger partial charge in [-0.3, -0.25) is 0 Å². The highest BCUT2D eigenvalue weighted by Gasteiger charge is 2.17. The van der Waals surface area contributed by atoms with Gasteiger partial charge in [0.05, 0.1) is 0 Å². The monoisotopic (exact) mass is 279 g/mol. The highest BCUT2D eigenvalue weighted by atomic mass is 15.0. The Labute approximate surface area is 128 Å². The summed E-state index contributed by atoms with van der Waals surface area (Å²) < 4.78 is 0. The summed E-state index contributed by atoms with van der Waals surface area (Å²) in [5, 5.41) is 3.72. The van der Waals surface area contributed by atoms with Crippen LogP contribution in [-0.4, -0.2) is 12.1 Å². The number of benzene rings is 2. The van der Waals surface area contributed by atoms with Crippen LogP contribution in [0.4, 0.5) is 0 Å². The normalized spacial score (nSPS) is 22.1. The van der Waals surface area contributed by atoms with Crippen molar-refractivity contribution in [2.75, 3.05) is 0 Å². The lowest BCUT2D eigenvalue weighted by Crippen LogP contribution is -2.40. The van der Waals surface area contributed by atoms with Crippen LogP contribution in [0.2, 0.25) is 0 Å². The van der Waals surface area contributed by atoms with Crippen molar-refractivity contribution < 1.29 is 0 Å². The highest BCUT2D eigenvalue weighted by Crippen LogP contribution is 2.21. The summed E-state index contributed by atoms with van der Waals surface area (Å²) in [5.41, 5.74) is 4.06. The van der Waals surface area contributed by atoms with Gasteiger partial charge in [-0.2, -0.15) is 0 Å². The first-order chi connectivity index (χ1) is 10.3. The molecule has 1 saturated heterocycles. The van der Waals surface area contributed by atoms with E-state index in [4.69, 9.17) is 0 Å². The Morgan fingerprint density at radius 3 is 2.33 bits per heavy atom. The minimum Gasteiger partial charge on any atom is -0.311 e. The van der Waals surface area contributed by atoms with Crippen molar-refractivity contribution >= 4 is 0 Å². The van der Waals surface area contributed by atoms with Gasteiger partial charge in [0.1, 0.15) is 0 Å². The van der Waals surface area contributed by atoms with Gasteiger partial charge in [-0.05, 0) is 49.3 Å². The van der Waals surface area contributed by atoms with E-state index in [1.807, 2.05) is 0 Å². The van der Waals surface area contributed by atoms with Gasteiger partial charge in [-0.25, -0.2) is 0 Å². The Kier molecular flexibility index (Phi) is 4.72. The quantitative estimate of drug-likeness (QED) is 0.846. The minimum absolute atomic E-state index is 0.698. The standard InChI is InChI=1S/C20H25N/c1-16-6-5-9-20(21-16)15-12-17-10-13-19(14-11-17)18-7-3-2-4-8-18/h2-4,7-8,10-11,13-14,16,20-21H,5-6,9,12,15H2,1H3. The molecule has 0 amide bonds. The molecule has 0 aromatic heterocycles. The van der Waals surface area contributed by atoms with Gasteiger partial charge >= 0.3 is 0 Å². The number of aryl methyl sites for hydroxylation is 1. The van der Waals surface area contributed by atoms with E-state index < -0.39 is 0 Å². The van der Waals surface area contributed by atoms with Crippen LogP contribution in [0.15, 0.2) is 54.6 Å². The van der Waals surface area contributed by atoms with Crippen molar-refractivity contribution in [2.45, 2.75) is 51.1 Å². The molecule has 0 saturated carbocycles. The van der Waals surface area contributed by atoms with Gasteiger partial charge in [-0.15, -0.1) is 0 Å². The second-order valence-corrected chi connectivity index (χ2v) is 6.30. The van der Waals surface area contributed by atoms with Crippen LogP contribution in [0.3, 0.4) is 0 Å². The largest absolute Gasteiger partial charge is 0.311 e. The Balaban J connectivity index is 1.57. The van der Waals surface area contributed by atoms with E-state index in [1.54, 1.807) is 0 Å².